The molecule has 0 radical (unpaired) electrons. The normalized spacial score (nSPS) is 40.4. The summed E-state index contributed by atoms with van der Waals surface area (Å²) in [5, 5.41) is 0. The van der Waals surface area contributed by atoms with E-state index >= 15 is 0 Å². The maximum Gasteiger partial charge on any atom is 0.335 e. The zero-order chi connectivity index (χ0) is 10.6. The second-order valence-electron chi connectivity index (χ2n) is 4.48. The van der Waals surface area contributed by atoms with Crippen molar-refractivity contribution in [3.8, 4) is 0 Å². The second-order valence-corrected chi connectivity index (χ2v) is 5.34. The second kappa shape index (κ2) is 3.21. The van der Waals surface area contributed by atoms with Crippen molar-refractivity contribution in [1.82, 2.24) is 0 Å². The summed E-state index contributed by atoms with van der Waals surface area (Å²) in [4.78, 5) is 11.7. The van der Waals surface area contributed by atoms with Crippen LogP contribution in [0.15, 0.2) is 22.2 Å². The number of ether oxygens (including phenoxy) is 1. The largest absolute Gasteiger partial charge is 0.463 e. The minimum absolute atomic E-state index is 0.119. The summed E-state index contributed by atoms with van der Waals surface area (Å²) in [6, 6.07) is 0. The number of allylic oxidation sites excluding steroid dienone is 3. The highest BCUT2D eigenvalue weighted by molar-refractivity contribution is 9.11. The van der Waals surface area contributed by atoms with Gasteiger partial charge in [-0.15, -0.1) is 0 Å². The monoisotopic (exact) mass is 268 g/mol. The van der Waals surface area contributed by atoms with Crippen LogP contribution in [0.4, 0.5) is 0 Å². The van der Waals surface area contributed by atoms with Gasteiger partial charge in [0.15, 0.2) is 0 Å². The molecule has 1 fully saturated rings. The topological polar surface area (TPSA) is 26.3 Å². The van der Waals surface area contributed by atoms with Gasteiger partial charge in [0, 0.05) is 16.3 Å². The van der Waals surface area contributed by atoms with Crippen molar-refractivity contribution in [3.63, 3.8) is 0 Å². The van der Waals surface area contributed by atoms with Crippen LogP contribution in [0.5, 0.6) is 0 Å². The van der Waals surface area contributed by atoms with Crippen molar-refractivity contribution < 1.29 is 9.53 Å². The van der Waals surface area contributed by atoms with Crippen molar-refractivity contribution in [3.05, 3.63) is 22.2 Å². The van der Waals surface area contributed by atoms with Crippen molar-refractivity contribution in [2.75, 3.05) is 6.61 Å². The molecule has 3 heteroatoms. The molecule has 0 spiro atoms. The first-order valence-corrected chi connectivity index (χ1v) is 6.28. The average Bonchev–Trinajstić information content (AvgIpc) is 2.74. The van der Waals surface area contributed by atoms with Crippen LogP contribution in [0.2, 0.25) is 0 Å². The Kier molecular flexibility index (Phi) is 2.06. The van der Waals surface area contributed by atoms with Gasteiger partial charge in [-0.3, -0.25) is 0 Å². The van der Waals surface area contributed by atoms with Gasteiger partial charge < -0.3 is 4.74 Å². The molecule has 0 saturated heterocycles. The lowest BCUT2D eigenvalue weighted by Crippen LogP contribution is -2.36. The Balaban J connectivity index is 1.87. The van der Waals surface area contributed by atoms with E-state index in [-0.39, 0.29) is 5.97 Å². The van der Waals surface area contributed by atoms with Crippen LogP contribution in [-0.4, -0.2) is 12.6 Å². The van der Waals surface area contributed by atoms with E-state index in [9.17, 15) is 4.79 Å². The number of hydrogen-bond donors (Lipinski definition) is 0. The van der Waals surface area contributed by atoms with E-state index in [4.69, 9.17) is 4.74 Å². The van der Waals surface area contributed by atoms with Gasteiger partial charge in [-0.25, -0.2) is 4.79 Å². The van der Waals surface area contributed by atoms with E-state index in [1.807, 2.05) is 6.92 Å². The zero-order valence-corrected chi connectivity index (χ0v) is 10.2. The molecule has 0 aromatic rings. The number of carbonyl (C=O) groups is 1. The predicted octanol–water partition coefficient (Wildman–Crippen LogP) is 2.65. The fourth-order valence-corrected chi connectivity index (χ4v) is 4.30. The van der Waals surface area contributed by atoms with E-state index in [0.717, 1.165) is 10.1 Å². The maximum absolute atomic E-state index is 11.7. The van der Waals surface area contributed by atoms with Crippen LogP contribution < -0.4 is 0 Å². The number of hydrogen-bond acceptors (Lipinski definition) is 2. The third-order valence-electron chi connectivity index (χ3n) is 3.84. The van der Waals surface area contributed by atoms with Gasteiger partial charge >= 0.3 is 5.97 Å². The molecule has 0 N–H and O–H groups in total. The summed E-state index contributed by atoms with van der Waals surface area (Å²) in [6.45, 7) is 2.31. The number of esters is 1. The molecule has 3 rings (SSSR count). The summed E-state index contributed by atoms with van der Waals surface area (Å²) in [6.07, 6.45) is 5.78. The van der Waals surface area contributed by atoms with Gasteiger partial charge in [0.2, 0.25) is 0 Å². The highest BCUT2D eigenvalue weighted by Gasteiger charge is 2.56. The number of carbonyl (C=O) groups excluding carboxylic acids is 1. The summed E-state index contributed by atoms with van der Waals surface area (Å²) in [5.74, 6) is 2.13. The van der Waals surface area contributed by atoms with Gasteiger partial charge in [-0.1, -0.05) is 28.1 Å². The van der Waals surface area contributed by atoms with Crippen molar-refractivity contribution in [2.45, 2.75) is 13.3 Å². The standard InChI is InChI=1S/C12H13BrO2/c1-2-15-12(14)10-8-6-3-4-7(5-6)9(8)11(10)13/h3-4,6-9H,2,5H2,1H3. The Morgan fingerprint density at radius 3 is 2.80 bits per heavy atom. The third-order valence-corrected chi connectivity index (χ3v) is 4.79. The highest BCUT2D eigenvalue weighted by Crippen LogP contribution is 2.62. The fourth-order valence-electron chi connectivity index (χ4n) is 3.25. The molecule has 4 atom stereocenters. The minimum atomic E-state index is -0.119. The summed E-state index contributed by atoms with van der Waals surface area (Å²) in [7, 11) is 0. The van der Waals surface area contributed by atoms with Gasteiger partial charge in [-0.05, 0) is 25.2 Å². The van der Waals surface area contributed by atoms with Gasteiger partial charge in [-0.2, -0.15) is 0 Å². The van der Waals surface area contributed by atoms with E-state index < -0.39 is 0 Å². The average molecular weight is 269 g/mol. The first-order chi connectivity index (χ1) is 7.24. The summed E-state index contributed by atoms with van der Waals surface area (Å²) >= 11 is 3.55. The quantitative estimate of drug-likeness (QED) is 0.569. The Hall–Kier alpha value is -0.570. The van der Waals surface area contributed by atoms with E-state index in [0.29, 0.717) is 30.3 Å². The number of rotatable bonds is 2. The molecule has 4 unspecified atom stereocenters. The van der Waals surface area contributed by atoms with E-state index in [2.05, 4.69) is 28.1 Å². The van der Waals surface area contributed by atoms with Crippen LogP contribution in [0.1, 0.15) is 13.3 Å². The lowest BCUT2D eigenvalue weighted by Gasteiger charge is -2.39. The van der Waals surface area contributed by atoms with Gasteiger partial charge in [0.05, 0.1) is 12.2 Å². The Morgan fingerprint density at radius 1 is 1.47 bits per heavy atom. The van der Waals surface area contributed by atoms with Crippen LogP contribution in [-0.2, 0) is 9.53 Å². The molecule has 1 saturated carbocycles. The zero-order valence-electron chi connectivity index (χ0n) is 8.57. The molecule has 0 heterocycles. The molecule has 0 aromatic carbocycles. The van der Waals surface area contributed by atoms with Crippen molar-refractivity contribution >= 4 is 21.9 Å². The molecule has 0 amide bonds. The molecular formula is C12H13BrO2. The SMILES string of the molecule is CCOC(=O)C1=C(Br)C2C3C=CC(C3)C12. The molecule has 0 aliphatic heterocycles. The molecule has 15 heavy (non-hydrogen) atoms. The van der Waals surface area contributed by atoms with Crippen molar-refractivity contribution in [1.29, 1.82) is 0 Å². The summed E-state index contributed by atoms with van der Waals surface area (Å²) < 4.78 is 6.18. The van der Waals surface area contributed by atoms with Crippen LogP contribution >= 0.6 is 15.9 Å². The van der Waals surface area contributed by atoms with Gasteiger partial charge in [0.25, 0.3) is 0 Å². The smallest absolute Gasteiger partial charge is 0.335 e. The molecule has 3 aliphatic carbocycles. The van der Waals surface area contributed by atoms with Crippen LogP contribution in [0, 0.1) is 23.7 Å². The molecule has 80 valence electrons. The van der Waals surface area contributed by atoms with E-state index in [1.165, 1.54) is 6.42 Å². The Morgan fingerprint density at radius 2 is 2.13 bits per heavy atom. The maximum atomic E-state index is 11.7. The number of fused-ring (bicyclic) bond motifs is 5. The Labute approximate surface area is 97.5 Å². The van der Waals surface area contributed by atoms with Crippen LogP contribution in [0.25, 0.3) is 0 Å². The van der Waals surface area contributed by atoms with Gasteiger partial charge in [0.1, 0.15) is 0 Å². The number of halogens is 1. The predicted molar refractivity (Wildman–Crippen MR) is 60.3 cm³/mol. The first-order valence-electron chi connectivity index (χ1n) is 5.49. The Bertz CT molecular complexity index is 383. The molecule has 3 aliphatic rings. The first kappa shape index (κ1) is 9.64. The molecule has 0 aromatic heterocycles. The van der Waals surface area contributed by atoms with E-state index in [1.54, 1.807) is 0 Å². The van der Waals surface area contributed by atoms with Crippen molar-refractivity contribution in [2.24, 2.45) is 23.7 Å². The fraction of sp³-hybridized carbons (Fsp3) is 0.583. The van der Waals surface area contributed by atoms with Crippen LogP contribution in [0.3, 0.4) is 0 Å². The third kappa shape index (κ3) is 1.13. The highest BCUT2D eigenvalue weighted by atomic mass is 79.9. The lowest BCUT2D eigenvalue weighted by atomic mass is 9.69. The summed E-state index contributed by atoms with van der Waals surface area (Å²) in [5.41, 5.74) is 0.902. The minimum Gasteiger partial charge on any atom is -0.463 e. The molecular weight excluding hydrogens is 256 g/mol. The molecule has 2 nitrogen and oxygen atoms in total. The lowest BCUT2D eigenvalue weighted by molar-refractivity contribution is -0.140. The molecule has 2 bridgehead atoms.